The first kappa shape index (κ1) is 18.8. The minimum Gasteiger partial charge on any atom is -0.348 e. The Morgan fingerprint density at radius 3 is 2.50 bits per heavy atom. The lowest BCUT2D eigenvalue weighted by atomic mass is 9.96. The number of nitrogens with two attached hydrogens (primary N) is 1. The second-order valence-corrected chi connectivity index (χ2v) is 8.08. The summed E-state index contributed by atoms with van der Waals surface area (Å²) in [7, 11) is 0. The van der Waals surface area contributed by atoms with Gasteiger partial charge < -0.3 is 16.4 Å². The average Bonchev–Trinajstić information content (AvgIpc) is 3.40. The number of benzene rings is 1. The zero-order valence-corrected chi connectivity index (χ0v) is 15.4. The van der Waals surface area contributed by atoms with Crippen LogP contribution in [0.3, 0.4) is 0 Å². The van der Waals surface area contributed by atoms with Crippen LogP contribution in [0.2, 0.25) is 0 Å². The number of rotatable bonds is 8. The van der Waals surface area contributed by atoms with Crippen molar-refractivity contribution in [3.63, 3.8) is 0 Å². The summed E-state index contributed by atoms with van der Waals surface area (Å²) < 4.78 is 0. The van der Waals surface area contributed by atoms with Gasteiger partial charge in [-0.1, -0.05) is 17.7 Å². The standard InChI is InChI=1S/C18H27N3O2S/c1-12-4-8-15(9-5-12)20-16(22)10-24-13(2)17(23)21-18(3,11-19)14-6-7-14/h4-5,8-9,13-14H,6-7,10-11,19H2,1-3H3,(H,20,22)(H,21,23). The van der Waals surface area contributed by atoms with Crippen molar-refractivity contribution in [2.24, 2.45) is 11.7 Å². The third kappa shape index (κ3) is 5.24. The van der Waals surface area contributed by atoms with Crippen LogP contribution in [0.25, 0.3) is 0 Å². The third-order valence-corrected chi connectivity index (χ3v) is 5.62. The van der Waals surface area contributed by atoms with Gasteiger partial charge in [0.25, 0.3) is 0 Å². The van der Waals surface area contributed by atoms with Crippen LogP contribution >= 0.6 is 11.8 Å². The fourth-order valence-corrected chi connectivity index (χ4v) is 3.22. The number of nitrogens with one attached hydrogen (secondary N) is 2. The smallest absolute Gasteiger partial charge is 0.234 e. The maximum absolute atomic E-state index is 12.3. The molecule has 1 saturated carbocycles. The predicted octanol–water partition coefficient (Wildman–Crippen LogP) is 2.30. The van der Waals surface area contributed by atoms with E-state index >= 15 is 0 Å². The van der Waals surface area contributed by atoms with Gasteiger partial charge in [-0.05, 0) is 51.7 Å². The Labute approximate surface area is 148 Å². The molecule has 2 rings (SSSR count). The van der Waals surface area contributed by atoms with Crippen LogP contribution in [-0.4, -0.2) is 34.9 Å². The monoisotopic (exact) mass is 349 g/mol. The molecule has 1 aliphatic carbocycles. The van der Waals surface area contributed by atoms with Crippen molar-refractivity contribution in [1.29, 1.82) is 0 Å². The van der Waals surface area contributed by atoms with Crippen LogP contribution < -0.4 is 16.4 Å². The highest BCUT2D eigenvalue weighted by molar-refractivity contribution is 8.01. The molecule has 0 aromatic heterocycles. The second kappa shape index (κ2) is 8.03. The Morgan fingerprint density at radius 1 is 1.33 bits per heavy atom. The molecule has 2 atom stereocenters. The Bertz CT molecular complexity index is 586. The molecular formula is C18H27N3O2S. The second-order valence-electron chi connectivity index (χ2n) is 6.75. The molecule has 0 aliphatic heterocycles. The van der Waals surface area contributed by atoms with E-state index in [1.54, 1.807) is 0 Å². The van der Waals surface area contributed by atoms with Gasteiger partial charge in [0.1, 0.15) is 0 Å². The molecule has 6 heteroatoms. The molecule has 1 aromatic rings. The Kier molecular flexibility index (Phi) is 6.29. The molecule has 0 spiro atoms. The number of anilines is 1. The minimum atomic E-state index is -0.323. The van der Waals surface area contributed by atoms with Crippen molar-refractivity contribution in [2.75, 3.05) is 17.6 Å². The lowest BCUT2D eigenvalue weighted by Crippen LogP contribution is -2.55. The van der Waals surface area contributed by atoms with E-state index in [1.165, 1.54) is 11.8 Å². The van der Waals surface area contributed by atoms with Gasteiger partial charge in [0.15, 0.2) is 0 Å². The molecule has 1 aliphatic rings. The van der Waals surface area contributed by atoms with Gasteiger partial charge in [0, 0.05) is 12.2 Å². The lowest BCUT2D eigenvalue weighted by molar-refractivity contribution is -0.122. The third-order valence-electron chi connectivity index (χ3n) is 4.48. The van der Waals surface area contributed by atoms with E-state index in [2.05, 4.69) is 10.6 Å². The molecule has 132 valence electrons. The largest absolute Gasteiger partial charge is 0.348 e. The molecule has 0 bridgehead atoms. The maximum Gasteiger partial charge on any atom is 0.234 e. The highest BCUT2D eigenvalue weighted by atomic mass is 32.2. The molecule has 2 unspecified atom stereocenters. The normalized spacial score (nSPS) is 17.7. The molecule has 0 saturated heterocycles. The summed E-state index contributed by atoms with van der Waals surface area (Å²) in [6, 6.07) is 7.64. The zero-order chi connectivity index (χ0) is 17.7. The first-order valence-corrected chi connectivity index (χ1v) is 9.39. The summed E-state index contributed by atoms with van der Waals surface area (Å²) in [6.07, 6.45) is 2.24. The van der Waals surface area contributed by atoms with Crippen molar-refractivity contribution in [2.45, 2.75) is 44.4 Å². The quantitative estimate of drug-likeness (QED) is 0.672. The zero-order valence-electron chi connectivity index (χ0n) is 14.6. The number of hydrogen-bond donors (Lipinski definition) is 3. The van der Waals surface area contributed by atoms with E-state index in [0.717, 1.165) is 24.1 Å². The van der Waals surface area contributed by atoms with Gasteiger partial charge in [0.05, 0.1) is 16.5 Å². The van der Waals surface area contributed by atoms with Gasteiger partial charge in [-0.25, -0.2) is 0 Å². The van der Waals surface area contributed by atoms with E-state index in [9.17, 15) is 9.59 Å². The van der Waals surface area contributed by atoms with E-state index in [-0.39, 0.29) is 28.4 Å². The van der Waals surface area contributed by atoms with Crippen LogP contribution in [0.1, 0.15) is 32.3 Å². The lowest BCUT2D eigenvalue weighted by Gasteiger charge is -2.30. The number of hydrogen-bond acceptors (Lipinski definition) is 4. The summed E-state index contributed by atoms with van der Waals surface area (Å²) in [6.45, 7) is 6.26. The molecule has 4 N–H and O–H groups in total. The van der Waals surface area contributed by atoms with Gasteiger partial charge in [-0.3, -0.25) is 9.59 Å². The summed E-state index contributed by atoms with van der Waals surface area (Å²) in [4.78, 5) is 24.3. The van der Waals surface area contributed by atoms with Crippen molar-refractivity contribution in [1.82, 2.24) is 5.32 Å². The molecule has 0 radical (unpaired) electrons. The Hall–Kier alpha value is -1.53. The van der Waals surface area contributed by atoms with Crippen LogP contribution in [0.4, 0.5) is 5.69 Å². The number of amides is 2. The highest BCUT2D eigenvalue weighted by Crippen LogP contribution is 2.39. The number of aryl methyl sites for hydroxylation is 1. The number of carbonyl (C=O) groups is 2. The average molecular weight is 350 g/mol. The van der Waals surface area contributed by atoms with Crippen LogP contribution in [0.5, 0.6) is 0 Å². The van der Waals surface area contributed by atoms with Crippen molar-refractivity contribution in [3.05, 3.63) is 29.8 Å². The van der Waals surface area contributed by atoms with Crippen molar-refractivity contribution < 1.29 is 9.59 Å². The van der Waals surface area contributed by atoms with Crippen LogP contribution in [0.15, 0.2) is 24.3 Å². The van der Waals surface area contributed by atoms with Crippen LogP contribution in [0, 0.1) is 12.8 Å². The first-order chi connectivity index (χ1) is 11.3. The topological polar surface area (TPSA) is 84.2 Å². The Morgan fingerprint density at radius 2 is 1.96 bits per heavy atom. The number of carbonyl (C=O) groups excluding carboxylic acids is 2. The molecule has 2 amide bonds. The molecule has 0 heterocycles. The summed E-state index contributed by atoms with van der Waals surface area (Å²) in [5, 5.41) is 5.61. The van der Waals surface area contributed by atoms with E-state index in [4.69, 9.17) is 5.73 Å². The summed E-state index contributed by atoms with van der Waals surface area (Å²) in [5.41, 5.74) is 7.42. The molecule has 24 heavy (non-hydrogen) atoms. The number of thioether (sulfide) groups is 1. The Balaban J connectivity index is 1.77. The summed E-state index contributed by atoms with van der Waals surface area (Å²) in [5.74, 6) is 0.564. The fraction of sp³-hybridized carbons (Fsp3) is 0.556. The molecule has 1 aromatic carbocycles. The van der Waals surface area contributed by atoms with Gasteiger partial charge in [-0.2, -0.15) is 0 Å². The summed E-state index contributed by atoms with van der Waals surface area (Å²) >= 11 is 1.33. The van der Waals surface area contributed by atoms with E-state index in [1.807, 2.05) is 45.0 Å². The van der Waals surface area contributed by atoms with Gasteiger partial charge in [-0.15, -0.1) is 11.8 Å². The van der Waals surface area contributed by atoms with E-state index < -0.39 is 0 Å². The van der Waals surface area contributed by atoms with Gasteiger partial charge >= 0.3 is 0 Å². The predicted molar refractivity (Wildman–Crippen MR) is 100 cm³/mol. The van der Waals surface area contributed by atoms with Crippen molar-refractivity contribution in [3.8, 4) is 0 Å². The maximum atomic E-state index is 12.3. The minimum absolute atomic E-state index is 0.0528. The van der Waals surface area contributed by atoms with Crippen LogP contribution in [-0.2, 0) is 9.59 Å². The fourth-order valence-electron chi connectivity index (χ4n) is 2.53. The molecule has 1 fully saturated rings. The van der Waals surface area contributed by atoms with Crippen molar-refractivity contribution >= 4 is 29.3 Å². The highest BCUT2D eigenvalue weighted by Gasteiger charge is 2.42. The molecular weight excluding hydrogens is 322 g/mol. The van der Waals surface area contributed by atoms with Gasteiger partial charge in [0.2, 0.25) is 11.8 Å². The van der Waals surface area contributed by atoms with E-state index in [0.29, 0.717) is 12.5 Å². The molecule has 5 nitrogen and oxygen atoms in total. The first-order valence-electron chi connectivity index (χ1n) is 8.34. The SMILES string of the molecule is Cc1ccc(NC(=O)CSC(C)C(=O)NC(C)(CN)C2CC2)cc1.